The Morgan fingerprint density at radius 2 is 1.79 bits per heavy atom. The molecular formula is C26H23FN2O4S. The van der Waals surface area contributed by atoms with Crippen LogP contribution in [0.15, 0.2) is 66.7 Å². The zero-order chi connectivity index (χ0) is 23.9. The second-order valence-corrected chi connectivity index (χ2v) is 9.34. The summed E-state index contributed by atoms with van der Waals surface area (Å²) in [6.07, 6.45) is 0. The Morgan fingerprint density at radius 1 is 1.03 bits per heavy atom. The van der Waals surface area contributed by atoms with Crippen molar-refractivity contribution in [1.82, 2.24) is 4.90 Å². The molecule has 0 saturated carbocycles. The molecule has 2 heterocycles. The van der Waals surface area contributed by atoms with Gasteiger partial charge in [-0.2, -0.15) is 0 Å². The quantitative estimate of drug-likeness (QED) is 0.543. The first kappa shape index (κ1) is 22.3. The number of methoxy groups -OCH3 is 2. The highest BCUT2D eigenvalue weighted by atomic mass is 32.2. The number of hydrogen-bond donors (Lipinski definition) is 0. The van der Waals surface area contributed by atoms with E-state index in [0.29, 0.717) is 41.6 Å². The lowest BCUT2D eigenvalue weighted by Gasteiger charge is -2.33. The van der Waals surface area contributed by atoms with Crippen LogP contribution in [0.2, 0.25) is 0 Å². The van der Waals surface area contributed by atoms with Gasteiger partial charge in [0.25, 0.3) is 11.8 Å². The van der Waals surface area contributed by atoms with Gasteiger partial charge in [-0.25, -0.2) is 4.39 Å². The third-order valence-electron chi connectivity index (χ3n) is 6.22. The highest BCUT2D eigenvalue weighted by Crippen LogP contribution is 2.55. The molecule has 0 bridgehead atoms. The van der Waals surface area contributed by atoms with Crippen molar-refractivity contribution in [1.29, 1.82) is 0 Å². The molecule has 1 saturated heterocycles. The number of anilines is 1. The number of halogens is 1. The van der Waals surface area contributed by atoms with E-state index in [0.717, 1.165) is 5.56 Å². The Balaban J connectivity index is 1.61. The Morgan fingerprint density at radius 3 is 2.56 bits per heavy atom. The standard InChI is InChI=1S/C26H23FN2O4S/c1-32-18-7-5-6-17(14-18)16-28-23-11-10-19(33-2)15-21(23)26(25(28)31)29(12-13-34-26)24(30)20-8-3-4-9-22(20)27/h3-11,14-15H,12-13,16H2,1-2H3/t26-/m0/s1. The number of carbonyl (C=O) groups is 2. The highest BCUT2D eigenvalue weighted by Gasteiger charge is 2.59. The minimum atomic E-state index is -1.29. The molecule has 3 aromatic rings. The first-order valence-corrected chi connectivity index (χ1v) is 11.8. The summed E-state index contributed by atoms with van der Waals surface area (Å²) in [5, 5.41) is 0. The van der Waals surface area contributed by atoms with Crippen LogP contribution in [0.4, 0.5) is 10.1 Å². The van der Waals surface area contributed by atoms with E-state index in [-0.39, 0.29) is 11.5 Å². The van der Waals surface area contributed by atoms with E-state index in [1.807, 2.05) is 30.3 Å². The van der Waals surface area contributed by atoms with Crippen LogP contribution < -0.4 is 14.4 Å². The number of ether oxygens (including phenoxy) is 2. The van der Waals surface area contributed by atoms with E-state index in [9.17, 15) is 14.0 Å². The summed E-state index contributed by atoms with van der Waals surface area (Å²) in [7, 11) is 3.15. The molecule has 5 rings (SSSR count). The Kier molecular flexibility index (Phi) is 5.69. The molecule has 0 N–H and O–H groups in total. The molecule has 3 aromatic carbocycles. The van der Waals surface area contributed by atoms with Gasteiger partial charge >= 0.3 is 0 Å². The second kappa shape index (κ2) is 8.68. The van der Waals surface area contributed by atoms with Crippen LogP contribution in [0, 0.1) is 5.82 Å². The SMILES string of the molecule is COc1cccc(CN2C(=O)[C@@]3(SCCN3C(=O)c3ccccc3F)c3cc(OC)ccc32)c1. The summed E-state index contributed by atoms with van der Waals surface area (Å²) in [5.41, 5.74) is 2.22. The molecule has 0 aromatic heterocycles. The van der Waals surface area contributed by atoms with Gasteiger partial charge in [-0.05, 0) is 48.0 Å². The van der Waals surface area contributed by atoms with Crippen LogP contribution in [0.5, 0.6) is 11.5 Å². The minimum Gasteiger partial charge on any atom is -0.497 e. The van der Waals surface area contributed by atoms with Crippen molar-refractivity contribution >= 4 is 29.3 Å². The zero-order valence-corrected chi connectivity index (χ0v) is 19.6. The molecule has 0 unspecified atom stereocenters. The van der Waals surface area contributed by atoms with Crippen molar-refractivity contribution in [3.63, 3.8) is 0 Å². The predicted molar refractivity (Wildman–Crippen MR) is 129 cm³/mol. The lowest BCUT2D eigenvalue weighted by molar-refractivity contribution is -0.123. The third-order valence-corrected chi connectivity index (χ3v) is 7.64. The Bertz CT molecular complexity index is 1280. The maximum atomic E-state index is 14.5. The molecule has 8 heteroatoms. The first-order chi connectivity index (χ1) is 16.5. The van der Waals surface area contributed by atoms with Crippen LogP contribution in [0.1, 0.15) is 21.5 Å². The normalized spacial score (nSPS) is 19.0. The number of amides is 2. The fraction of sp³-hybridized carbons (Fsp3) is 0.231. The summed E-state index contributed by atoms with van der Waals surface area (Å²) < 4.78 is 25.3. The van der Waals surface area contributed by atoms with Crippen LogP contribution in [-0.4, -0.2) is 43.2 Å². The van der Waals surface area contributed by atoms with Gasteiger partial charge in [-0.3, -0.25) is 9.59 Å². The molecule has 174 valence electrons. The summed E-state index contributed by atoms with van der Waals surface area (Å²) in [4.78, 5) is 29.6. The molecule has 1 spiro atoms. The topological polar surface area (TPSA) is 59.1 Å². The molecule has 1 atom stereocenters. The molecule has 0 radical (unpaired) electrons. The zero-order valence-electron chi connectivity index (χ0n) is 18.8. The minimum absolute atomic E-state index is 0.0483. The number of benzene rings is 3. The highest BCUT2D eigenvalue weighted by molar-refractivity contribution is 8.01. The van der Waals surface area contributed by atoms with Gasteiger partial charge in [0.1, 0.15) is 17.3 Å². The number of rotatable bonds is 5. The van der Waals surface area contributed by atoms with Crippen molar-refractivity contribution in [2.45, 2.75) is 11.4 Å². The number of thioether (sulfide) groups is 1. The van der Waals surface area contributed by atoms with Crippen LogP contribution in [-0.2, 0) is 16.2 Å². The maximum absolute atomic E-state index is 14.5. The molecule has 34 heavy (non-hydrogen) atoms. The number of hydrogen-bond acceptors (Lipinski definition) is 5. The van der Waals surface area contributed by atoms with Crippen molar-refractivity contribution < 1.29 is 23.5 Å². The van der Waals surface area contributed by atoms with E-state index in [2.05, 4.69) is 0 Å². The largest absolute Gasteiger partial charge is 0.497 e. The van der Waals surface area contributed by atoms with E-state index in [4.69, 9.17) is 9.47 Å². The lowest BCUT2D eigenvalue weighted by atomic mass is 10.0. The van der Waals surface area contributed by atoms with E-state index < -0.39 is 16.6 Å². The van der Waals surface area contributed by atoms with Gasteiger partial charge in [0.15, 0.2) is 4.87 Å². The smallest absolute Gasteiger partial charge is 0.268 e. The van der Waals surface area contributed by atoms with Crippen LogP contribution in [0.25, 0.3) is 0 Å². The number of fused-ring (bicyclic) bond motifs is 2. The Labute approximate surface area is 201 Å². The molecule has 2 aliphatic heterocycles. The second-order valence-electron chi connectivity index (χ2n) is 8.06. The average Bonchev–Trinajstić information content (AvgIpc) is 3.41. The van der Waals surface area contributed by atoms with Gasteiger partial charge in [0.2, 0.25) is 0 Å². The molecule has 6 nitrogen and oxygen atoms in total. The van der Waals surface area contributed by atoms with Crippen LogP contribution >= 0.6 is 11.8 Å². The molecule has 0 aliphatic carbocycles. The summed E-state index contributed by atoms with van der Waals surface area (Å²) in [5.74, 6) is 0.485. The van der Waals surface area contributed by atoms with E-state index in [1.165, 1.54) is 34.9 Å². The third kappa shape index (κ3) is 3.40. The van der Waals surface area contributed by atoms with E-state index in [1.54, 1.807) is 37.3 Å². The van der Waals surface area contributed by atoms with Gasteiger partial charge < -0.3 is 19.3 Å². The van der Waals surface area contributed by atoms with Gasteiger partial charge in [0, 0.05) is 17.9 Å². The van der Waals surface area contributed by atoms with Gasteiger partial charge in [-0.1, -0.05) is 24.3 Å². The monoisotopic (exact) mass is 478 g/mol. The predicted octanol–water partition coefficient (Wildman–Crippen LogP) is 4.43. The van der Waals surface area contributed by atoms with Crippen molar-refractivity contribution in [2.75, 3.05) is 31.4 Å². The fourth-order valence-electron chi connectivity index (χ4n) is 4.61. The number of nitrogens with zero attached hydrogens (tertiary/aromatic N) is 2. The fourth-order valence-corrected chi connectivity index (χ4v) is 6.06. The molecule has 1 fully saturated rings. The molecule has 2 amide bonds. The summed E-state index contributed by atoms with van der Waals surface area (Å²) in [6, 6.07) is 18.8. The van der Waals surface area contributed by atoms with Crippen LogP contribution in [0.3, 0.4) is 0 Å². The summed E-state index contributed by atoms with van der Waals surface area (Å²) >= 11 is 1.39. The van der Waals surface area contributed by atoms with Crippen molar-refractivity contribution in [3.8, 4) is 11.5 Å². The number of carbonyl (C=O) groups excluding carboxylic acids is 2. The lowest BCUT2D eigenvalue weighted by Crippen LogP contribution is -2.50. The molecule has 2 aliphatic rings. The van der Waals surface area contributed by atoms with Gasteiger partial charge in [0.05, 0.1) is 32.0 Å². The van der Waals surface area contributed by atoms with Crippen molar-refractivity contribution in [3.05, 3.63) is 89.2 Å². The van der Waals surface area contributed by atoms with Crippen molar-refractivity contribution in [2.24, 2.45) is 0 Å². The maximum Gasteiger partial charge on any atom is 0.268 e. The van der Waals surface area contributed by atoms with Gasteiger partial charge in [-0.15, -0.1) is 11.8 Å². The molecular weight excluding hydrogens is 455 g/mol. The Hall–Kier alpha value is -3.52. The first-order valence-electron chi connectivity index (χ1n) is 10.8. The summed E-state index contributed by atoms with van der Waals surface area (Å²) in [6.45, 7) is 0.632. The van der Waals surface area contributed by atoms with E-state index >= 15 is 0 Å². The average molecular weight is 479 g/mol.